The number of carbonyl (C=O) groups is 1. The molecule has 16 heavy (non-hydrogen) atoms. The minimum absolute atomic E-state index is 0.0856. The largest absolute Gasteiger partial charge is 0.334 e. The van der Waals surface area contributed by atoms with Gasteiger partial charge in [-0.3, -0.25) is 4.79 Å². The van der Waals surface area contributed by atoms with Crippen LogP contribution in [0.4, 0.5) is 0 Å². The predicted molar refractivity (Wildman–Crippen MR) is 67.4 cm³/mol. The third-order valence-corrected chi connectivity index (χ3v) is 2.70. The van der Waals surface area contributed by atoms with Gasteiger partial charge < -0.3 is 4.90 Å². The van der Waals surface area contributed by atoms with E-state index in [0.717, 1.165) is 5.56 Å². The summed E-state index contributed by atoms with van der Waals surface area (Å²) in [5.74, 6) is 0.0856. The van der Waals surface area contributed by atoms with Gasteiger partial charge in [-0.15, -0.1) is 0 Å². The molecule has 0 aromatic heterocycles. The number of amides is 1. The highest BCUT2D eigenvalue weighted by molar-refractivity contribution is 6.30. The minimum atomic E-state index is -0.161. The Bertz CT molecular complexity index is 365. The van der Waals surface area contributed by atoms with Crippen molar-refractivity contribution in [1.82, 2.24) is 4.90 Å². The maximum absolute atomic E-state index is 11.6. The van der Waals surface area contributed by atoms with Gasteiger partial charge in [0.15, 0.2) is 0 Å². The number of rotatable bonds is 2. The van der Waals surface area contributed by atoms with Crippen LogP contribution in [0.5, 0.6) is 0 Å². The summed E-state index contributed by atoms with van der Waals surface area (Å²) in [6.07, 6.45) is 0. The normalized spacial score (nSPS) is 11.3. The van der Waals surface area contributed by atoms with Gasteiger partial charge in [-0.1, -0.05) is 23.7 Å². The molecular weight excluding hydrogens is 222 g/mol. The molecule has 2 nitrogen and oxygen atoms in total. The van der Waals surface area contributed by atoms with E-state index in [1.54, 1.807) is 6.92 Å². The quantitative estimate of drug-likeness (QED) is 0.774. The Morgan fingerprint density at radius 1 is 1.25 bits per heavy atom. The summed E-state index contributed by atoms with van der Waals surface area (Å²) in [4.78, 5) is 13.4. The van der Waals surface area contributed by atoms with E-state index < -0.39 is 0 Å². The van der Waals surface area contributed by atoms with E-state index in [4.69, 9.17) is 11.6 Å². The fourth-order valence-corrected chi connectivity index (χ4v) is 1.72. The SMILES string of the molecule is CC(=O)N(Cc1ccc(Cl)cc1)C(C)(C)C. The van der Waals surface area contributed by atoms with Crippen LogP contribution in [0.1, 0.15) is 33.3 Å². The Kier molecular flexibility index (Phi) is 3.98. The van der Waals surface area contributed by atoms with Crippen molar-refractivity contribution in [1.29, 1.82) is 0 Å². The Balaban J connectivity index is 2.84. The van der Waals surface area contributed by atoms with Crippen LogP contribution in [0.3, 0.4) is 0 Å². The second kappa shape index (κ2) is 4.88. The van der Waals surface area contributed by atoms with E-state index in [-0.39, 0.29) is 11.4 Å². The third kappa shape index (κ3) is 3.53. The number of hydrogen-bond acceptors (Lipinski definition) is 1. The Morgan fingerprint density at radius 2 is 1.75 bits per heavy atom. The fourth-order valence-electron chi connectivity index (χ4n) is 1.59. The highest BCUT2D eigenvalue weighted by Crippen LogP contribution is 2.18. The molecule has 3 heteroatoms. The molecule has 0 heterocycles. The first-order valence-electron chi connectivity index (χ1n) is 5.33. The van der Waals surface area contributed by atoms with Crippen molar-refractivity contribution in [3.63, 3.8) is 0 Å². The number of halogens is 1. The molecule has 0 aliphatic rings. The van der Waals surface area contributed by atoms with Gasteiger partial charge in [-0.2, -0.15) is 0 Å². The van der Waals surface area contributed by atoms with Gasteiger partial charge in [0.05, 0.1) is 0 Å². The molecule has 1 rings (SSSR count). The first kappa shape index (κ1) is 13.0. The molecule has 0 bridgehead atoms. The van der Waals surface area contributed by atoms with Crippen LogP contribution >= 0.6 is 11.6 Å². The summed E-state index contributed by atoms with van der Waals surface area (Å²) in [7, 11) is 0. The lowest BCUT2D eigenvalue weighted by Crippen LogP contribution is -2.43. The smallest absolute Gasteiger partial charge is 0.220 e. The van der Waals surface area contributed by atoms with Crippen molar-refractivity contribution < 1.29 is 4.79 Å². The summed E-state index contributed by atoms with van der Waals surface area (Å²) in [6, 6.07) is 7.59. The van der Waals surface area contributed by atoms with Crippen LogP contribution in [0.2, 0.25) is 5.02 Å². The zero-order valence-electron chi connectivity index (χ0n) is 10.2. The van der Waals surface area contributed by atoms with E-state index in [1.807, 2.05) is 49.9 Å². The second-order valence-corrected chi connectivity index (χ2v) is 5.34. The number of nitrogens with zero attached hydrogens (tertiary/aromatic N) is 1. The molecule has 0 atom stereocenters. The van der Waals surface area contributed by atoms with Crippen LogP contribution in [0.15, 0.2) is 24.3 Å². The van der Waals surface area contributed by atoms with E-state index in [2.05, 4.69) is 0 Å². The number of benzene rings is 1. The lowest BCUT2D eigenvalue weighted by Gasteiger charge is -2.35. The van der Waals surface area contributed by atoms with Crippen LogP contribution in [0, 0.1) is 0 Å². The topological polar surface area (TPSA) is 20.3 Å². The fraction of sp³-hybridized carbons (Fsp3) is 0.462. The Hall–Kier alpha value is -1.02. The molecule has 0 aliphatic heterocycles. The molecule has 1 aromatic rings. The van der Waals surface area contributed by atoms with Crippen molar-refractivity contribution >= 4 is 17.5 Å². The van der Waals surface area contributed by atoms with Gasteiger partial charge in [-0.05, 0) is 38.5 Å². The van der Waals surface area contributed by atoms with Gasteiger partial charge in [-0.25, -0.2) is 0 Å². The molecule has 0 unspecified atom stereocenters. The molecule has 1 aromatic carbocycles. The maximum atomic E-state index is 11.6. The van der Waals surface area contributed by atoms with E-state index in [9.17, 15) is 4.79 Å². The lowest BCUT2D eigenvalue weighted by atomic mass is 10.0. The summed E-state index contributed by atoms with van der Waals surface area (Å²) in [5.41, 5.74) is 0.931. The standard InChI is InChI=1S/C13H18ClNO/c1-10(16)15(13(2,3)4)9-11-5-7-12(14)8-6-11/h5-8H,9H2,1-4H3. The van der Waals surface area contributed by atoms with Gasteiger partial charge in [0.25, 0.3) is 0 Å². The zero-order chi connectivity index (χ0) is 12.3. The summed E-state index contributed by atoms with van der Waals surface area (Å²) in [5, 5.41) is 0.717. The molecule has 0 spiro atoms. The van der Waals surface area contributed by atoms with Crippen LogP contribution in [-0.2, 0) is 11.3 Å². The molecule has 0 saturated carbocycles. The van der Waals surface area contributed by atoms with Crippen molar-refractivity contribution in [3.8, 4) is 0 Å². The van der Waals surface area contributed by atoms with Crippen LogP contribution in [-0.4, -0.2) is 16.3 Å². The van der Waals surface area contributed by atoms with Crippen molar-refractivity contribution in [2.45, 2.75) is 39.8 Å². The molecule has 0 radical (unpaired) electrons. The maximum Gasteiger partial charge on any atom is 0.220 e. The van der Waals surface area contributed by atoms with Crippen molar-refractivity contribution in [2.75, 3.05) is 0 Å². The number of hydrogen-bond donors (Lipinski definition) is 0. The molecule has 0 saturated heterocycles. The molecule has 88 valence electrons. The van der Waals surface area contributed by atoms with E-state index >= 15 is 0 Å². The monoisotopic (exact) mass is 239 g/mol. The highest BCUT2D eigenvalue weighted by Gasteiger charge is 2.23. The van der Waals surface area contributed by atoms with Gasteiger partial charge in [0, 0.05) is 24.0 Å². The summed E-state index contributed by atoms with van der Waals surface area (Å²) in [6.45, 7) is 8.32. The molecule has 0 N–H and O–H groups in total. The minimum Gasteiger partial charge on any atom is -0.334 e. The molecule has 0 fully saturated rings. The van der Waals surface area contributed by atoms with Crippen molar-refractivity contribution in [3.05, 3.63) is 34.9 Å². The average molecular weight is 240 g/mol. The first-order valence-corrected chi connectivity index (χ1v) is 5.71. The Labute approximate surface area is 102 Å². The predicted octanol–water partition coefficient (Wildman–Crippen LogP) is 3.49. The Morgan fingerprint density at radius 3 is 2.12 bits per heavy atom. The lowest BCUT2D eigenvalue weighted by molar-refractivity contribution is -0.134. The van der Waals surface area contributed by atoms with Gasteiger partial charge >= 0.3 is 0 Å². The van der Waals surface area contributed by atoms with Gasteiger partial charge in [0.1, 0.15) is 0 Å². The van der Waals surface area contributed by atoms with Crippen LogP contribution in [0.25, 0.3) is 0 Å². The first-order chi connectivity index (χ1) is 7.30. The molecular formula is C13H18ClNO. The molecule has 0 aliphatic carbocycles. The van der Waals surface area contributed by atoms with E-state index in [1.165, 1.54) is 0 Å². The number of carbonyl (C=O) groups excluding carboxylic acids is 1. The average Bonchev–Trinajstić information content (AvgIpc) is 2.14. The van der Waals surface area contributed by atoms with Crippen LogP contribution < -0.4 is 0 Å². The zero-order valence-corrected chi connectivity index (χ0v) is 11.0. The molecule has 1 amide bonds. The van der Waals surface area contributed by atoms with E-state index in [0.29, 0.717) is 11.6 Å². The summed E-state index contributed by atoms with van der Waals surface area (Å²) < 4.78 is 0. The van der Waals surface area contributed by atoms with Crippen molar-refractivity contribution in [2.24, 2.45) is 0 Å². The van der Waals surface area contributed by atoms with Gasteiger partial charge in [0.2, 0.25) is 5.91 Å². The highest BCUT2D eigenvalue weighted by atomic mass is 35.5. The second-order valence-electron chi connectivity index (χ2n) is 4.90. The summed E-state index contributed by atoms with van der Waals surface area (Å²) >= 11 is 5.82. The third-order valence-electron chi connectivity index (χ3n) is 2.44.